The molecule has 0 radical (unpaired) electrons. The quantitative estimate of drug-likeness (QED) is 0.876. The number of hydrogen-bond acceptors (Lipinski definition) is 5. The van der Waals surface area contributed by atoms with Crippen molar-refractivity contribution in [2.24, 2.45) is 0 Å². The van der Waals surface area contributed by atoms with Crippen LogP contribution >= 0.6 is 0 Å². The van der Waals surface area contributed by atoms with Crippen LogP contribution in [0.15, 0.2) is 32.3 Å². The second-order valence-electron chi connectivity index (χ2n) is 7.04. The van der Waals surface area contributed by atoms with Gasteiger partial charge in [0.2, 0.25) is 10.0 Å². The average Bonchev–Trinajstić information content (AvgIpc) is 2.86. The number of likely N-dealkylation sites (tertiary alicyclic amines) is 1. The van der Waals surface area contributed by atoms with Crippen LogP contribution in [0.25, 0.3) is 11.1 Å². The van der Waals surface area contributed by atoms with Gasteiger partial charge in [0.25, 0.3) is 0 Å². The predicted octanol–water partition coefficient (Wildman–Crippen LogP) is 1.76. The van der Waals surface area contributed by atoms with Crippen molar-refractivity contribution < 1.29 is 12.8 Å². The van der Waals surface area contributed by atoms with Gasteiger partial charge in [-0.3, -0.25) is 4.98 Å². The van der Waals surface area contributed by atoms with Crippen LogP contribution in [0.5, 0.6) is 0 Å². The van der Waals surface area contributed by atoms with E-state index in [0.717, 1.165) is 38.6 Å². The van der Waals surface area contributed by atoms with Gasteiger partial charge in [0, 0.05) is 24.7 Å². The molecular weight excluding hydrogens is 342 g/mol. The first-order valence-electron chi connectivity index (χ1n) is 8.82. The summed E-state index contributed by atoms with van der Waals surface area (Å²) in [6, 6.07) is 4.88. The lowest BCUT2D eigenvalue weighted by molar-refractivity contribution is 0.115. The molecule has 2 fully saturated rings. The van der Waals surface area contributed by atoms with E-state index < -0.39 is 15.8 Å². The van der Waals surface area contributed by atoms with E-state index in [2.05, 4.69) is 16.9 Å². The summed E-state index contributed by atoms with van der Waals surface area (Å²) < 4.78 is 33.3. The van der Waals surface area contributed by atoms with Crippen molar-refractivity contribution in [1.82, 2.24) is 14.2 Å². The lowest BCUT2D eigenvalue weighted by Crippen LogP contribution is -2.55. The van der Waals surface area contributed by atoms with Gasteiger partial charge in [0.05, 0.1) is 10.4 Å². The van der Waals surface area contributed by atoms with E-state index in [9.17, 15) is 13.2 Å². The second-order valence-corrected chi connectivity index (χ2v) is 8.93. The number of nitrogens with zero attached hydrogens (tertiary/aromatic N) is 2. The van der Waals surface area contributed by atoms with Crippen molar-refractivity contribution in [1.29, 1.82) is 0 Å². The highest BCUT2D eigenvalue weighted by Gasteiger charge is 2.41. The number of aromatic amines is 1. The molecule has 1 N–H and O–H groups in total. The number of hydrogen-bond donors (Lipinski definition) is 1. The molecule has 8 heteroatoms. The van der Waals surface area contributed by atoms with E-state index in [1.807, 2.05) is 0 Å². The van der Waals surface area contributed by atoms with Crippen LogP contribution in [0.2, 0.25) is 0 Å². The molecule has 136 valence electrons. The van der Waals surface area contributed by atoms with E-state index in [1.54, 1.807) is 16.4 Å². The first-order valence-corrected chi connectivity index (χ1v) is 10.3. The largest absolute Gasteiger partial charge is 0.417 e. The third kappa shape index (κ3) is 2.92. The Morgan fingerprint density at radius 1 is 1.12 bits per heavy atom. The molecule has 1 aromatic heterocycles. The van der Waals surface area contributed by atoms with Crippen molar-refractivity contribution >= 4 is 21.1 Å². The summed E-state index contributed by atoms with van der Waals surface area (Å²) >= 11 is 0. The van der Waals surface area contributed by atoms with Crippen molar-refractivity contribution in [3.63, 3.8) is 0 Å². The minimum atomic E-state index is -3.62. The van der Waals surface area contributed by atoms with Gasteiger partial charge >= 0.3 is 5.76 Å². The highest BCUT2D eigenvalue weighted by molar-refractivity contribution is 7.89. The van der Waals surface area contributed by atoms with Crippen molar-refractivity contribution in [3.8, 4) is 0 Å². The van der Waals surface area contributed by atoms with E-state index in [4.69, 9.17) is 4.42 Å². The number of benzene rings is 1. The number of sulfonamides is 1. The zero-order chi connectivity index (χ0) is 17.6. The molecule has 3 heterocycles. The molecule has 7 nitrogen and oxygen atoms in total. The fraction of sp³-hybridized carbons (Fsp3) is 0.588. The monoisotopic (exact) mass is 365 g/mol. The smallest absolute Gasteiger partial charge is 0.408 e. The summed E-state index contributed by atoms with van der Waals surface area (Å²) in [6.45, 7) is 1.57. The molecule has 0 amide bonds. The molecule has 2 aromatic rings. The molecule has 2 saturated heterocycles. The number of likely N-dealkylation sites (N-methyl/N-ethyl adjacent to an activating group) is 1. The molecule has 4 rings (SSSR count). The Morgan fingerprint density at radius 3 is 2.76 bits per heavy atom. The summed E-state index contributed by atoms with van der Waals surface area (Å²) in [7, 11) is -1.53. The van der Waals surface area contributed by atoms with E-state index in [-0.39, 0.29) is 22.6 Å². The first kappa shape index (κ1) is 16.8. The minimum absolute atomic E-state index is 0.0141. The molecule has 0 aliphatic carbocycles. The van der Waals surface area contributed by atoms with Crippen LogP contribution in [-0.2, 0) is 10.0 Å². The van der Waals surface area contributed by atoms with Gasteiger partial charge in [-0.2, -0.15) is 4.31 Å². The topological polar surface area (TPSA) is 86.6 Å². The van der Waals surface area contributed by atoms with Gasteiger partial charge in [0.1, 0.15) is 0 Å². The molecule has 0 bridgehead atoms. The lowest BCUT2D eigenvalue weighted by atomic mass is 9.95. The van der Waals surface area contributed by atoms with E-state index in [1.165, 1.54) is 6.07 Å². The molecule has 1 aromatic carbocycles. The number of fused-ring (bicyclic) bond motifs is 2. The standard InChI is InChI=1S/C17H23N3O4S/c1-19-9-3-2-5-15-14(19)6-4-10-20(15)25(22,23)12-7-8-13-16(11-12)24-17(21)18-13/h7-8,11,14-15H,2-6,9-10H2,1H3,(H,18,21)/t14-,15-/m1/s1. The SMILES string of the molecule is CN1CCCC[C@@H]2[C@H]1CCCN2S(=O)(=O)c1ccc2[nH]c(=O)oc2c1. The summed E-state index contributed by atoms with van der Waals surface area (Å²) in [5, 5.41) is 0. The number of rotatable bonds is 2. The zero-order valence-corrected chi connectivity index (χ0v) is 15.1. The van der Waals surface area contributed by atoms with Gasteiger partial charge in [0.15, 0.2) is 5.58 Å². The highest BCUT2D eigenvalue weighted by atomic mass is 32.2. The molecular formula is C17H23N3O4S. The van der Waals surface area contributed by atoms with Gasteiger partial charge in [-0.15, -0.1) is 0 Å². The summed E-state index contributed by atoms with van der Waals surface area (Å²) in [6.07, 6.45) is 4.96. The fourth-order valence-electron chi connectivity index (χ4n) is 4.26. The molecule has 2 aliphatic heterocycles. The summed E-state index contributed by atoms with van der Waals surface area (Å²) in [5.41, 5.74) is 0.785. The fourth-order valence-corrected chi connectivity index (χ4v) is 6.00. The maximum Gasteiger partial charge on any atom is 0.417 e. The average molecular weight is 365 g/mol. The molecule has 2 aliphatic rings. The van der Waals surface area contributed by atoms with Crippen LogP contribution < -0.4 is 5.76 Å². The Balaban J connectivity index is 1.73. The number of aromatic nitrogens is 1. The van der Waals surface area contributed by atoms with E-state index in [0.29, 0.717) is 12.1 Å². The predicted molar refractivity (Wildman–Crippen MR) is 94.0 cm³/mol. The Hall–Kier alpha value is -1.64. The molecule has 25 heavy (non-hydrogen) atoms. The lowest BCUT2D eigenvalue weighted by Gasteiger charge is -2.42. The Morgan fingerprint density at radius 2 is 1.92 bits per heavy atom. The normalized spacial score (nSPS) is 26.4. The maximum absolute atomic E-state index is 13.3. The summed E-state index contributed by atoms with van der Waals surface area (Å²) in [5.74, 6) is -0.576. The van der Waals surface area contributed by atoms with Gasteiger partial charge in [-0.05, 0) is 51.4 Å². The minimum Gasteiger partial charge on any atom is -0.408 e. The van der Waals surface area contributed by atoms with Gasteiger partial charge in [-0.1, -0.05) is 6.42 Å². The summed E-state index contributed by atoms with van der Waals surface area (Å²) in [4.78, 5) is 16.4. The second kappa shape index (κ2) is 6.26. The number of H-pyrrole nitrogens is 1. The number of nitrogens with one attached hydrogen (secondary N) is 1. The van der Waals surface area contributed by atoms with Crippen LogP contribution in [0.4, 0.5) is 0 Å². The third-order valence-electron chi connectivity index (χ3n) is 5.52. The first-order chi connectivity index (χ1) is 12.0. The van der Waals surface area contributed by atoms with Crippen LogP contribution in [0.1, 0.15) is 32.1 Å². The third-order valence-corrected chi connectivity index (χ3v) is 7.44. The van der Waals surface area contributed by atoms with Crippen LogP contribution in [-0.4, -0.2) is 54.8 Å². The zero-order valence-electron chi connectivity index (χ0n) is 14.3. The Labute approximate surface area is 146 Å². The number of oxazole rings is 1. The van der Waals surface area contributed by atoms with E-state index >= 15 is 0 Å². The van der Waals surface area contributed by atoms with Gasteiger partial charge < -0.3 is 9.32 Å². The van der Waals surface area contributed by atoms with Crippen molar-refractivity contribution in [3.05, 3.63) is 28.7 Å². The molecule has 0 spiro atoms. The maximum atomic E-state index is 13.3. The highest BCUT2D eigenvalue weighted by Crippen LogP contribution is 2.33. The van der Waals surface area contributed by atoms with Crippen LogP contribution in [0, 0.1) is 0 Å². The van der Waals surface area contributed by atoms with Crippen LogP contribution in [0.3, 0.4) is 0 Å². The molecule has 0 saturated carbocycles. The van der Waals surface area contributed by atoms with Crippen molar-refractivity contribution in [2.75, 3.05) is 20.1 Å². The number of piperidine rings is 1. The Bertz CT molecular complexity index is 933. The molecule has 2 atom stereocenters. The van der Waals surface area contributed by atoms with Gasteiger partial charge in [-0.25, -0.2) is 13.2 Å². The Kier molecular flexibility index (Phi) is 4.21. The van der Waals surface area contributed by atoms with Crippen molar-refractivity contribution in [2.45, 2.75) is 49.1 Å². The molecule has 0 unspecified atom stereocenters.